The van der Waals surface area contributed by atoms with Crippen LogP contribution in [-0.4, -0.2) is 18.0 Å². The van der Waals surface area contributed by atoms with Gasteiger partial charge in [0.05, 0.1) is 0 Å². The quantitative estimate of drug-likeness (QED) is 0.771. The molecule has 1 aromatic carbocycles. The van der Waals surface area contributed by atoms with Gasteiger partial charge in [-0.05, 0) is 29.5 Å². The Morgan fingerprint density at radius 3 is 2.48 bits per heavy atom. The first kappa shape index (κ1) is 16.5. The van der Waals surface area contributed by atoms with Gasteiger partial charge in [0.2, 0.25) is 0 Å². The molecule has 2 nitrogen and oxygen atoms in total. The first-order valence-electron chi connectivity index (χ1n) is 8.15. The maximum atomic E-state index is 5.98. The van der Waals surface area contributed by atoms with Crippen molar-refractivity contribution >= 4 is 21.4 Å². The highest BCUT2D eigenvalue weighted by atomic mass is 32.1. The highest BCUT2D eigenvalue weighted by molar-refractivity contribution is 7.19. The Kier molecular flexibility index (Phi) is 6.22. The van der Waals surface area contributed by atoms with Crippen molar-refractivity contribution in [2.75, 3.05) is 13.1 Å². The second-order valence-electron chi connectivity index (χ2n) is 5.71. The van der Waals surface area contributed by atoms with Crippen LogP contribution in [0.15, 0.2) is 24.3 Å². The van der Waals surface area contributed by atoms with Crippen molar-refractivity contribution in [3.05, 3.63) is 34.7 Å². The van der Waals surface area contributed by atoms with Crippen LogP contribution < -0.4 is 5.73 Å². The molecular weight excluding hydrogens is 276 g/mol. The van der Waals surface area contributed by atoms with Gasteiger partial charge in [-0.15, -0.1) is 11.3 Å². The lowest BCUT2D eigenvalue weighted by molar-refractivity contribution is 0.226. The average molecular weight is 305 g/mol. The summed E-state index contributed by atoms with van der Waals surface area (Å²) in [7, 11) is 0. The monoisotopic (exact) mass is 304 g/mol. The van der Waals surface area contributed by atoms with E-state index in [2.05, 4.69) is 49.9 Å². The predicted octanol–water partition coefficient (Wildman–Crippen LogP) is 4.62. The Labute approximate surface area is 133 Å². The van der Waals surface area contributed by atoms with Crippen molar-refractivity contribution in [3.63, 3.8) is 0 Å². The number of thiophene rings is 1. The largest absolute Gasteiger partial charge is 0.326 e. The third kappa shape index (κ3) is 3.85. The van der Waals surface area contributed by atoms with Gasteiger partial charge in [0.15, 0.2) is 0 Å². The van der Waals surface area contributed by atoms with Gasteiger partial charge in [0.25, 0.3) is 0 Å². The van der Waals surface area contributed by atoms with Crippen LogP contribution in [0.2, 0.25) is 0 Å². The number of nitrogens with two attached hydrogens (primary N) is 1. The van der Waals surface area contributed by atoms with Gasteiger partial charge in [0, 0.05) is 29.2 Å². The third-order valence-electron chi connectivity index (χ3n) is 4.47. The number of hydrogen-bond donors (Lipinski definition) is 1. The van der Waals surface area contributed by atoms with E-state index in [0.717, 1.165) is 19.0 Å². The van der Waals surface area contributed by atoms with E-state index in [9.17, 15) is 0 Å². The van der Waals surface area contributed by atoms with Crippen LogP contribution in [0.5, 0.6) is 0 Å². The van der Waals surface area contributed by atoms with Crippen molar-refractivity contribution in [1.82, 2.24) is 4.90 Å². The summed E-state index contributed by atoms with van der Waals surface area (Å²) in [6.07, 6.45) is 2.53. The zero-order valence-corrected chi connectivity index (χ0v) is 14.4. The van der Waals surface area contributed by atoms with Gasteiger partial charge >= 0.3 is 0 Å². The highest BCUT2D eigenvalue weighted by Crippen LogP contribution is 2.32. The molecule has 2 aromatic rings. The van der Waals surface area contributed by atoms with Gasteiger partial charge in [-0.3, -0.25) is 4.90 Å². The molecule has 0 spiro atoms. The molecule has 0 aliphatic carbocycles. The summed E-state index contributed by atoms with van der Waals surface area (Å²) in [5.41, 5.74) is 7.43. The van der Waals surface area contributed by atoms with E-state index >= 15 is 0 Å². The fraction of sp³-hybridized carbons (Fsp3) is 0.556. The number of fused-ring (bicyclic) bond motifs is 1. The molecule has 0 aliphatic heterocycles. The molecule has 116 valence electrons. The molecule has 0 saturated carbocycles. The molecule has 0 aliphatic rings. The van der Waals surface area contributed by atoms with Crippen molar-refractivity contribution < 1.29 is 0 Å². The number of hydrogen-bond acceptors (Lipinski definition) is 3. The normalized spacial score (nSPS) is 11.9. The topological polar surface area (TPSA) is 29.3 Å². The summed E-state index contributed by atoms with van der Waals surface area (Å²) >= 11 is 1.86. The van der Waals surface area contributed by atoms with Gasteiger partial charge in [0.1, 0.15) is 0 Å². The maximum Gasteiger partial charge on any atom is 0.0349 e. The molecule has 1 heterocycles. The first-order chi connectivity index (χ1) is 10.2. The minimum absolute atomic E-state index is 0.650. The van der Waals surface area contributed by atoms with Crippen LogP contribution in [-0.2, 0) is 13.1 Å². The Hall–Kier alpha value is -0.900. The molecule has 0 bridgehead atoms. The summed E-state index contributed by atoms with van der Waals surface area (Å²) in [5, 5.41) is 1.39. The SMILES string of the molecule is CCC(CC)CN(CC)Cc1c(CN)sc2ccccc12. The molecule has 0 atom stereocenters. The molecule has 0 fully saturated rings. The molecule has 2 N–H and O–H groups in total. The van der Waals surface area contributed by atoms with Crippen LogP contribution >= 0.6 is 11.3 Å². The molecule has 0 radical (unpaired) electrons. The van der Waals surface area contributed by atoms with Crippen LogP contribution in [0.4, 0.5) is 0 Å². The Bertz CT molecular complexity index is 557. The van der Waals surface area contributed by atoms with Crippen LogP contribution in [0, 0.1) is 5.92 Å². The highest BCUT2D eigenvalue weighted by Gasteiger charge is 2.16. The average Bonchev–Trinajstić information content (AvgIpc) is 2.89. The Morgan fingerprint density at radius 2 is 1.86 bits per heavy atom. The lowest BCUT2D eigenvalue weighted by Gasteiger charge is -2.25. The third-order valence-corrected chi connectivity index (χ3v) is 5.70. The summed E-state index contributed by atoms with van der Waals surface area (Å²) in [6.45, 7) is 10.8. The Balaban J connectivity index is 2.24. The number of benzene rings is 1. The number of nitrogens with zero attached hydrogens (tertiary/aromatic N) is 1. The molecule has 21 heavy (non-hydrogen) atoms. The predicted molar refractivity (Wildman–Crippen MR) is 94.7 cm³/mol. The van der Waals surface area contributed by atoms with Gasteiger partial charge in [-0.25, -0.2) is 0 Å². The van der Waals surface area contributed by atoms with Crippen molar-refractivity contribution in [2.24, 2.45) is 11.7 Å². The summed E-state index contributed by atoms with van der Waals surface area (Å²) in [4.78, 5) is 3.92. The standard InChI is InChI=1S/C18H28N2S/c1-4-14(5-2)12-20(6-3)13-16-15-9-7-8-10-17(15)21-18(16)11-19/h7-10,14H,4-6,11-13,19H2,1-3H3. The van der Waals surface area contributed by atoms with E-state index in [1.807, 2.05) is 11.3 Å². The zero-order valence-electron chi connectivity index (χ0n) is 13.6. The van der Waals surface area contributed by atoms with E-state index in [1.165, 1.54) is 39.9 Å². The maximum absolute atomic E-state index is 5.98. The van der Waals surface area contributed by atoms with Crippen LogP contribution in [0.1, 0.15) is 44.1 Å². The molecule has 0 saturated heterocycles. The van der Waals surface area contributed by atoms with Gasteiger partial charge < -0.3 is 5.73 Å². The van der Waals surface area contributed by atoms with E-state index in [4.69, 9.17) is 5.73 Å². The molecule has 1 aromatic heterocycles. The number of rotatable bonds is 8. The lowest BCUT2D eigenvalue weighted by Crippen LogP contribution is -2.29. The van der Waals surface area contributed by atoms with Crippen molar-refractivity contribution in [3.8, 4) is 0 Å². The van der Waals surface area contributed by atoms with Gasteiger partial charge in [-0.2, -0.15) is 0 Å². The molecule has 3 heteroatoms. The van der Waals surface area contributed by atoms with Crippen molar-refractivity contribution in [1.29, 1.82) is 0 Å². The van der Waals surface area contributed by atoms with Gasteiger partial charge in [-0.1, -0.05) is 51.8 Å². The first-order valence-corrected chi connectivity index (χ1v) is 8.96. The molecule has 2 rings (SSSR count). The molecule has 0 amide bonds. The second kappa shape index (κ2) is 7.92. The van der Waals surface area contributed by atoms with Crippen molar-refractivity contribution in [2.45, 2.75) is 46.7 Å². The summed E-state index contributed by atoms with van der Waals surface area (Å²) in [5.74, 6) is 0.802. The Morgan fingerprint density at radius 1 is 1.14 bits per heavy atom. The summed E-state index contributed by atoms with van der Waals surface area (Å²) < 4.78 is 1.37. The lowest BCUT2D eigenvalue weighted by atomic mass is 10.0. The minimum atomic E-state index is 0.650. The fourth-order valence-electron chi connectivity index (χ4n) is 2.93. The van der Waals surface area contributed by atoms with E-state index in [0.29, 0.717) is 6.54 Å². The van der Waals surface area contributed by atoms with Crippen LogP contribution in [0.25, 0.3) is 10.1 Å². The van der Waals surface area contributed by atoms with E-state index in [1.54, 1.807) is 0 Å². The summed E-state index contributed by atoms with van der Waals surface area (Å²) in [6, 6.07) is 8.70. The molecule has 0 unspecified atom stereocenters. The zero-order chi connectivity index (χ0) is 15.2. The second-order valence-corrected chi connectivity index (χ2v) is 6.85. The minimum Gasteiger partial charge on any atom is -0.326 e. The fourth-order valence-corrected chi connectivity index (χ4v) is 4.02. The van der Waals surface area contributed by atoms with E-state index < -0.39 is 0 Å². The molecular formula is C18H28N2S. The smallest absolute Gasteiger partial charge is 0.0349 e. The van der Waals surface area contributed by atoms with Crippen LogP contribution in [0.3, 0.4) is 0 Å². The van der Waals surface area contributed by atoms with E-state index in [-0.39, 0.29) is 0 Å².